The molecule has 0 aliphatic carbocycles. The van der Waals surface area contributed by atoms with Crippen molar-refractivity contribution in [3.63, 3.8) is 0 Å². The number of benzene rings is 1. The van der Waals surface area contributed by atoms with Gasteiger partial charge in [-0.05, 0) is 18.2 Å². The van der Waals surface area contributed by atoms with E-state index in [2.05, 4.69) is 5.10 Å². The molecule has 2 rings (SSSR count). The summed E-state index contributed by atoms with van der Waals surface area (Å²) in [5, 5.41) is 13.6. The average molecular weight is 257 g/mol. The molecule has 18 heavy (non-hydrogen) atoms. The Morgan fingerprint density at radius 1 is 1.28 bits per heavy atom. The van der Waals surface area contributed by atoms with Crippen molar-refractivity contribution < 1.29 is 18.3 Å². The van der Waals surface area contributed by atoms with Crippen molar-refractivity contribution in [2.24, 2.45) is 7.05 Å². The summed E-state index contributed by atoms with van der Waals surface area (Å²) in [6.07, 6.45) is -4.49. The summed E-state index contributed by atoms with van der Waals surface area (Å²) in [6, 6.07) is 4.20. The Labute approximate surface area is 100 Å². The van der Waals surface area contributed by atoms with Crippen molar-refractivity contribution in [1.29, 1.82) is 0 Å². The first kappa shape index (κ1) is 12.3. The molecule has 0 saturated heterocycles. The third-order valence-electron chi connectivity index (χ3n) is 2.52. The fourth-order valence-electron chi connectivity index (χ4n) is 1.54. The van der Waals surface area contributed by atoms with Crippen molar-refractivity contribution in [3.05, 3.63) is 29.8 Å². The molecule has 0 aliphatic heterocycles. The normalized spacial score (nSPS) is 11.8. The van der Waals surface area contributed by atoms with E-state index in [0.29, 0.717) is 17.6 Å². The van der Waals surface area contributed by atoms with Gasteiger partial charge in [-0.1, -0.05) is 0 Å². The maximum atomic E-state index is 12.4. The lowest BCUT2D eigenvalue weighted by molar-refractivity contribution is -0.137. The number of hydrogen-bond acceptors (Lipinski definition) is 3. The molecule has 4 nitrogen and oxygen atoms in total. The number of nitrogens with two attached hydrogens (primary N) is 1. The van der Waals surface area contributed by atoms with E-state index in [1.165, 1.54) is 16.8 Å². The van der Waals surface area contributed by atoms with E-state index in [-0.39, 0.29) is 5.56 Å². The fourth-order valence-corrected chi connectivity index (χ4v) is 1.54. The number of anilines is 1. The first-order chi connectivity index (χ1) is 8.29. The average Bonchev–Trinajstić information content (AvgIpc) is 2.57. The van der Waals surface area contributed by atoms with Crippen LogP contribution >= 0.6 is 0 Å². The molecule has 0 atom stereocenters. The maximum Gasteiger partial charge on any atom is 0.416 e. The summed E-state index contributed by atoms with van der Waals surface area (Å²) in [6.45, 7) is 0. The van der Waals surface area contributed by atoms with Gasteiger partial charge in [-0.15, -0.1) is 0 Å². The minimum absolute atomic E-state index is 0.204. The van der Waals surface area contributed by atoms with E-state index >= 15 is 0 Å². The molecule has 2 aromatic rings. The SMILES string of the molecule is Cn1nc(-c2ccc(C(F)(F)F)cc2O)cc1N. The van der Waals surface area contributed by atoms with Gasteiger partial charge >= 0.3 is 6.18 Å². The summed E-state index contributed by atoms with van der Waals surface area (Å²) in [5.41, 5.74) is 5.18. The number of hydrogen-bond donors (Lipinski definition) is 2. The van der Waals surface area contributed by atoms with Crippen LogP contribution in [0.2, 0.25) is 0 Å². The Kier molecular flexibility index (Phi) is 2.68. The van der Waals surface area contributed by atoms with Crippen molar-refractivity contribution in [1.82, 2.24) is 9.78 Å². The minimum Gasteiger partial charge on any atom is -0.507 e. The zero-order chi connectivity index (χ0) is 13.5. The van der Waals surface area contributed by atoms with Crippen LogP contribution in [0.1, 0.15) is 5.56 Å². The molecule has 0 radical (unpaired) electrons. The van der Waals surface area contributed by atoms with Gasteiger partial charge in [0, 0.05) is 18.7 Å². The van der Waals surface area contributed by atoms with Crippen molar-refractivity contribution in [3.8, 4) is 17.0 Å². The quantitative estimate of drug-likeness (QED) is 0.824. The largest absolute Gasteiger partial charge is 0.507 e. The van der Waals surface area contributed by atoms with Gasteiger partial charge in [0.05, 0.1) is 11.3 Å². The molecule has 0 saturated carbocycles. The van der Waals surface area contributed by atoms with Gasteiger partial charge in [0.2, 0.25) is 0 Å². The summed E-state index contributed by atoms with van der Waals surface area (Å²) in [5.74, 6) is -0.132. The lowest BCUT2D eigenvalue weighted by atomic mass is 10.1. The van der Waals surface area contributed by atoms with E-state index in [4.69, 9.17) is 5.73 Å². The van der Waals surface area contributed by atoms with Gasteiger partial charge < -0.3 is 10.8 Å². The third kappa shape index (κ3) is 2.11. The Morgan fingerprint density at radius 2 is 1.94 bits per heavy atom. The number of nitrogens with zero attached hydrogens (tertiary/aromatic N) is 2. The van der Waals surface area contributed by atoms with E-state index in [1.54, 1.807) is 7.05 Å². The highest BCUT2D eigenvalue weighted by molar-refractivity contribution is 5.69. The van der Waals surface area contributed by atoms with Gasteiger partial charge in [0.15, 0.2) is 0 Å². The second kappa shape index (κ2) is 3.94. The molecule has 0 aliphatic rings. The standard InChI is InChI=1S/C11H10F3N3O/c1-17-10(15)5-8(16-17)7-3-2-6(4-9(7)18)11(12,13)14/h2-5,18H,15H2,1H3. The van der Waals surface area contributed by atoms with Gasteiger partial charge in [-0.25, -0.2) is 0 Å². The molecule has 0 amide bonds. The number of alkyl halides is 3. The van der Waals surface area contributed by atoms with Crippen LogP contribution < -0.4 is 5.73 Å². The molecule has 1 aromatic heterocycles. The highest BCUT2D eigenvalue weighted by Gasteiger charge is 2.31. The number of aromatic nitrogens is 2. The summed E-state index contributed by atoms with van der Waals surface area (Å²) < 4.78 is 38.6. The molecule has 3 N–H and O–H groups in total. The van der Waals surface area contributed by atoms with Crippen LogP contribution in [0.3, 0.4) is 0 Å². The second-order valence-electron chi connectivity index (χ2n) is 3.81. The molecule has 0 fully saturated rings. The van der Waals surface area contributed by atoms with Crippen LogP contribution in [-0.4, -0.2) is 14.9 Å². The zero-order valence-corrected chi connectivity index (χ0v) is 9.36. The number of aromatic hydroxyl groups is 1. The number of aryl methyl sites for hydroxylation is 1. The number of phenolic OH excluding ortho intramolecular Hbond substituents is 1. The van der Waals surface area contributed by atoms with Gasteiger partial charge in [-0.3, -0.25) is 4.68 Å². The molecule has 1 aromatic carbocycles. The van der Waals surface area contributed by atoms with Crippen LogP contribution in [0, 0.1) is 0 Å². The number of nitrogen functional groups attached to an aromatic ring is 1. The van der Waals surface area contributed by atoms with Crippen LogP contribution in [0.4, 0.5) is 19.0 Å². The predicted octanol–water partition coefficient (Wildman–Crippen LogP) is 2.39. The molecular formula is C11H10F3N3O. The number of halogens is 3. The molecule has 1 heterocycles. The molecule has 7 heteroatoms. The smallest absolute Gasteiger partial charge is 0.416 e. The molecule has 96 valence electrons. The number of rotatable bonds is 1. The lowest BCUT2D eigenvalue weighted by Gasteiger charge is -2.08. The second-order valence-corrected chi connectivity index (χ2v) is 3.81. The molecular weight excluding hydrogens is 247 g/mol. The van der Waals surface area contributed by atoms with Crippen LogP contribution in [0.25, 0.3) is 11.3 Å². The minimum atomic E-state index is -4.49. The van der Waals surface area contributed by atoms with Crippen molar-refractivity contribution in [2.75, 3.05) is 5.73 Å². The van der Waals surface area contributed by atoms with E-state index in [9.17, 15) is 18.3 Å². The Bertz CT molecular complexity index is 570. The maximum absolute atomic E-state index is 12.4. The predicted molar refractivity (Wildman–Crippen MR) is 59.7 cm³/mol. The Hall–Kier alpha value is -2.18. The summed E-state index contributed by atoms with van der Waals surface area (Å²) in [4.78, 5) is 0. The summed E-state index contributed by atoms with van der Waals surface area (Å²) in [7, 11) is 1.60. The van der Waals surface area contributed by atoms with Gasteiger partial charge in [0.1, 0.15) is 11.6 Å². The zero-order valence-electron chi connectivity index (χ0n) is 9.36. The highest BCUT2D eigenvalue weighted by atomic mass is 19.4. The first-order valence-electron chi connectivity index (χ1n) is 4.99. The van der Waals surface area contributed by atoms with Crippen LogP contribution in [0.15, 0.2) is 24.3 Å². The van der Waals surface area contributed by atoms with Crippen molar-refractivity contribution in [2.45, 2.75) is 6.18 Å². The van der Waals surface area contributed by atoms with E-state index in [0.717, 1.165) is 6.07 Å². The van der Waals surface area contributed by atoms with E-state index in [1.807, 2.05) is 0 Å². The lowest BCUT2D eigenvalue weighted by Crippen LogP contribution is -2.04. The van der Waals surface area contributed by atoms with Crippen LogP contribution in [0.5, 0.6) is 5.75 Å². The third-order valence-corrected chi connectivity index (χ3v) is 2.52. The Balaban J connectivity index is 2.48. The summed E-state index contributed by atoms with van der Waals surface area (Å²) >= 11 is 0. The highest BCUT2D eigenvalue weighted by Crippen LogP contribution is 2.36. The Morgan fingerprint density at radius 3 is 2.39 bits per heavy atom. The first-order valence-corrected chi connectivity index (χ1v) is 4.99. The van der Waals surface area contributed by atoms with Crippen molar-refractivity contribution >= 4 is 5.82 Å². The fraction of sp³-hybridized carbons (Fsp3) is 0.182. The number of phenols is 1. The molecule has 0 bridgehead atoms. The van der Waals surface area contributed by atoms with Gasteiger partial charge in [0.25, 0.3) is 0 Å². The van der Waals surface area contributed by atoms with Crippen LogP contribution in [-0.2, 0) is 13.2 Å². The molecule has 0 unspecified atom stereocenters. The monoisotopic (exact) mass is 257 g/mol. The molecule has 0 spiro atoms. The van der Waals surface area contributed by atoms with Gasteiger partial charge in [-0.2, -0.15) is 18.3 Å². The topological polar surface area (TPSA) is 64.1 Å². The van der Waals surface area contributed by atoms with E-state index < -0.39 is 17.5 Å².